The van der Waals surface area contributed by atoms with Crippen molar-refractivity contribution in [3.8, 4) is 0 Å². The Morgan fingerprint density at radius 2 is 1.90 bits per heavy atom. The summed E-state index contributed by atoms with van der Waals surface area (Å²) in [5.41, 5.74) is 2.57. The maximum Gasteiger partial charge on any atom is 0.251 e. The van der Waals surface area contributed by atoms with Crippen molar-refractivity contribution in [1.82, 2.24) is 5.32 Å². The molecule has 0 aliphatic rings. The van der Waals surface area contributed by atoms with Crippen LogP contribution in [0.25, 0.3) is 11.0 Å². The fourth-order valence-electron chi connectivity index (χ4n) is 2.35. The van der Waals surface area contributed by atoms with Gasteiger partial charge in [0, 0.05) is 10.9 Å². The van der Waals surface area contributed by atoms with E-state index in [1.165, 1.54) is 0 Å². The van der Waals surface area contributed by atoms with Gasteiger partial charge in [-0.05, 0) is 38.1 Å². The average molecular weight is 279 g/mol. The number of benzene rings is 2. The van der Waals surface area contributed by atoms with Crippen molar-refractivity contribution < 1.29 is 9.21 Å². The molecule has 1 N–H and O–H groups in total. The Balaban J connectivity index is 1.79. The van der Waals surface area contributed by atoms with E-state index in [0.717, 1.165) is 22.3 Å². The van der Waals surface area contributed by atoms with Gasteiger partial charge < -0.3 is 9.73 Å². The molecule has 0 aliphatic heterocycles. The number of nitrogens with one attached hydrogen (secondary N) is 1. The van der Waals surface area contributed by atoms with Crippen LogP contribution in [0.2, 0.25) is 0 Å². The number of carbonyl (C=O) groups excluding carboxylic acids is 1. The zero-order valence-corrected chi connectivity index (χ0v) is 12.1. The minimum Gasteiger partial charge on any atom is -0.459 e. The number of aryl methyl sites for hydroxylation is 1. The molecule has 0 bridgehead atoms. The quantitative estimate of drug-likeness (QED) is 0.779. The third-order valence-corrected chi connectivity index (χ3v) is 3.50. The van der Waals surface area contributed by atoms with Gasteiger partial charge in [-0.15, -0.1) is 0 Å². The number of furan rings is 1. The van der Waals surface area contributed by atoms with Gasteiger partial charge in [-0.1, -0.05) is 35.9 Å². The first-order valence-electron chi connectivity index (χ1n) is 6.99. The normalized spacial score (nSPS) is 12.3. The van der Waals surface area contributed by atoms with E-state index in [1.54, 1.807) is 0 Å². The number of rotatable bonds is 3. The van der Waals surface area contributed by atoms with Crippen molar-refractivity contribution in [1.29, 1.82) is 0 Å². The van der Waals surface area contributed by atoms with E-state index in [2.05, 4.69) is 5.32 Å². The summed E-state index contributed by atoms with van der Waals surface area (Å²) in [5, 5.41) is 4.01. The molecule has 0 aliphatic carbocycles. The van der Waals surface area contributed by atoms with Crippen LogP contribution in [0.1, 0.15) is 34.6 Å². The zero-order valence-electron chi connectivity index (χ0n) is 12.1. The number of amides is 1. The van der Waals surface area contributed by atoms with Crippen molar-refractivity contribution in [3.63, 3.8) is 0 Å². The first-order chi connectivity index (χ1) is 10.1. The molecule has 21 heavy (non-hydrogen) atoms. The molecule has 0 fully saturated rings. The van der Waals surface area contributed by atoms with Gasteiger partial charge in [-0.2, -0.15) is 0 Å². The van der Waals surface area contributed by atoms with Crippen LogP contribution in [0, 0.1) is 6.92 Å². The molecule has 2 aromatic carbocycles. The van der Waals surface area contributed by atoms with Gasteiger partial charge in [-0.3, -0.25) is 4.79 Å². The summed E-state index contributed by atoms with van der Waals surface area (Å²) in [6.07, 6.45) is 0. The third kappa shape index (κ3) is 2.82. The SMILES string of the molecule is Cc1cccc(C(=O)NC(C)c2cc3ccccc3o2)c1. The highest BCUT2D eigenvalue weighted by molar-refractivity contribution is 5.94. The van der Waals surface area contributed by atoms with Gasteiger partial charge in [0.1, 0.15) is 11.3 Å². The first kappa shape index (κ1) is 13.4. The van der Waals surface area contributed by atoms with Crippen molar-refractivity contribution in [3.05, 3.63) is 71.5 Å². The van der Waals surface area contributed by atoms with Crippen LogP contribution >= 0.6 is 0 Å². The third-order valence-electron chi connectivity index (χ3n) is 3.50. The predicted octanol–water partition coefficient (Wildman–Crippen LogP) is 4.23. The molecular weight excluding hydrogens is 262 g/mol. The second kappa shape index (κ2) is 5.44. The fourth-order valence-corrected chi connectivity index (χ4v) is 2.35. The second-order valence-electron chi connectivity index (χ2n) is 5.25. The van der Waals surface area contributed by atoms with Gasteiger partial charge >= 0.3 is 0 Å². The molecule has 106 valence electrons. The Morgan fingerprint density at radius 1 is 1.10 bits per heavy atom. The monoisotopic (exact) mass is 279 g/mol. The molecule has 1 amide bonds. The summed E-state index contributed by atoms with van der Waals surface area (Å²) in [4.78, 5) is 12.2. The number of hydrogen-bond acceptors (Lipinski definition) is 2. The minimum atomic E-state index is -0.176. The van der Waals surface area contributed by atoms with Crippen molar-refractivity contribution in [2.75, 3.05) is 0 Å². The molecule has 0 saturated carbocycles. The van der Waals surface area contributed by atoms with Gasteiger partial charge in [0.05, 0.1) is 6.04 Å². The molecule has 3 rings (SSSR count). The van der Waals surface area contributed by atoms with E-state index in [4.69, 9.17) is 4.42 Å². The van der Waals surface area contributed by atoms with Gasteiger partial charge in [-0.25, -0.2) is 0 Å². The van der Waals surface area contributed by atoms with Crippen LogP contribution in [-0.4, -0.2) is 5.91 Å². The maximum atomic E-state index is 12.2. The summed E-state index contributed by atoms with van der Waals surface area (Å²) in [7, 11) is 0. The van der Waals surface area contributed by atoms with Crippen LogP contribution in [0.15, 0.2) is 59.0 Å². The number of fused-ring (bicyclic) bond motifs is 1. The lowest BCUT2D eigenvalue weighted by atomic mass is 10.1. The lowest BCUT2D eigenvalue weighted by molar-refractivity contribution is 0.0935. The summed E-state index contributed by atoms with van der Waals surface area (Å²) < 4.78 is 5.78. The van der Waals surface area contributed by atoms with Crippen LogP contribution < -0.4 is 5.32 Å². The molecule has 1 atom stereocenters. The van der Waals surface area contributed by atoms with Gasteiger partial charge in [0.2, 0.25) is 0 Å². The Kier molecular flexibility index (Phi) is 3.48. The van der Waals surface area contributed by atoms with Crippen LogP contribution in [0.3, 0.4) is 0 Å². The maximum absolute atomic E-state index is 12.2. The Hall–Kier alpha value is -2.55. The van der Waals surface area contributed by atoms with Crippen molar-refractivity contribution in [2.24, 2.45) is 0 Å². The van der Waals surface area contributed by atoms with Crippen molar-refractivity contribution >= 4 is 16.9 Å². The molecule has 0 spiro atoms. The topological polar surface area (TPSA) is 42.2 Å². The van der Waals surface area contributed by atoms with Gasteiger partial charge in [0.25, 0.3) is 5.91 Å². The Bertz CT molecular complexity index is 756. The zero-order chi connectivity index (χ0) is 14.8. The molecule has 1 heterocycles. The second-order valence-corrected chi connectivity index (χ2v) is 5.25. The molecule has 1 aromatic heterocycles. The predicted molar refractivity (Wildman–Crippen MR) is 83.3 cm³/mol. The fraction of sp³-hybridized carbons (Fsp3) is 0.167. The summed E-state index contributed by atoms with van der Waals surface area (Å²) in [6.45, 7) is 3.89. The van der Waals surface area contributed by atoms with Crippen LogP contribution in [-0.2, 0) is 0 Å². The molecule has 1 unspecified atom stereocenters. The molecule has 0 saturated heterocycles. The molecule has 0 radical (unpaired) electrons. The van der Waals surface area contributed by atoms with Crippen LogP contribution in [0.5, 0.6) is 0 Å². The van der Waals surface area contributed by atoms with E-state index in [0.29, 0.717) is 5.56 Å². The largest absolute Gasteiger partial charge is 0.459 e. The summed E-state index contributed by atoms with van der Waals surface area (Å²) >= 11 is 0. The Labute approximate surface area is 123 Å². The Morgan fingerprint density at radius 3 is 2.67 bits per heavy atom. The van der Waals surface area contributed by atoms with E-state index in [-0.39, 0.29) is 11.9 Å². The van der Waals surface area contributed by atoms with E-state index in [9.17, 15) is 4.79 Å². The average Bonchev–Trinajstić information content (AvgIpc) is 2.91. The highest BCUT2D eigenvalue weighted by atomic mass is 16.3. The van der Waals surface area contributed by atoms with E-state index in [1.807, 2.05) is 68.4 Å². The van der Waals surface area contributed by atoms with Crippen molar-refractivity contribution in [2.45, 2.75) is 19.9 Å². The first-order valence-corrected chi connectivity index (χ1v) is 6.99. The number of hydrogen-bond donors (Lipinski definition) is 1. The summed E-state index contributed by atoms with van der Waals surface area (Å²) in [5.74, 6) is 0.670. The minimum absolute atomic E-state index is 0.0911. The smallest absolute Gasteiger partial charge is 0.251 e. The molecule has 3 heteroatoms. The van der Waals surface area contributed by atoms with E-state index < -0.39 is 0 Å². The van der Waals surface area contributed by atoms with Gasteiger partial charge in [0.15, 0.2) is 0 Å². The molecule has 3 aromatic rings. The van der Waals surface area contributed by atoms with E-state index >= 15 is 0 Å². The highest BCUT2D eigenvalue weighted by Crippen LogP contribution is 2.23. The standard InChI is InChI=1S/C18H17NO2/c1-12-6-5-8-15(10-12)18(20)19-13(2)17-11-14-7-3-4-9-16(14)21-17/h3-11,13H,1-2H3,(H,19,20). The molecule has 3 nitrogen and oxygen atoms in total. The summed E-state index contributed by atoms with van der Waals surface area (Å²) in [6, 6.07) is 17.2. The number of carbonyl (C=O) groups is 1. The lowest BCUT2D eigenvalue weighted by Crippen LogP contribution is -2.26. The van der Waals surface area contributed by atoms with Crippen LogP contribution in [0.4, 0.5) is 0 Å². The number of para-hydroxylation sites is 1. The highest BCUT2D eigenvalue weighted by Gasteiger charge is 2.15. The molecular formula is C18H17NO2. The lowest BCUT2D eigenvalue weighted by Gasteiger charge is -2.11.